The van der Waals surface area contributed by atoms with Gasteiger partial charge in [0, 0.05) is 11.6 Å². The molecule has 1 heterocycles. The van der Waals surface area contributed by atoms with E-state index < -0.39 is 0 Å². The average Bonchev–Trinajstić information content (AvgIpc) is 2.60. The number of hydrazone groups is 1. The van der Waals surface area contributed by atoms with Gasteiger partial charge in [0.1, 0.15) is 0 Å². The highest BCUT2D eigenvalue weighted by Crippen LogP contribution is 2.30. The van der Waals surface area contributed by atoms with Crippen LogP contribution in [0, 0.1) is 5.92 Å². The molecule has 2 aromatic rings. The van der Waals surface area contributed by atoms with Crippen molar-refractivity contribution in [2.45, 2.75) is 19.3 Å². The molecule has 0 N–H and O–H groups in total. The molecular formula is C19H16N2O2. The third kappa shape index (κ3) is 2.27. The standard InChI is InChI=1S/C19H16N2O2/c22-18-15-10-4-8-14-9-5-11-16(17(14)15)19(23)21(18)20-12-13-6-2-1-3-7-13/h1-2,4-5,8-13H,3,6-7H2/b20-12+. The van der Waals surface area contributed by atoms with Crippen molar-refractivity contribution < 1.29 is 9.59 Å². The summed E-state index contributed by atoms with van der Waals surface area (Å²) in [7, 11) is 0. The SMILES string of the molecule is O=C1c2cccc3cccc(c23)C(=O)N1/N=C/C1CC=CCC1. The van der Waals surface area contributed by atoms with Crippen molar-refractivity contribution in [1.82, 2.24) is 5.01 Å². The Morgan fingerprint density at radius 2 is 1.70 bits per heavy atom. The predicted molar refractivity (Wildman–Crippen MR) is 89.4 cm³/mol. The van der Waals surface area contributed by atoms with Crippen LogP contribution < -0.4 is 0 Å². The Hall–Kier alpha value is -2.75. The molecule has 0 aromatic heterocycles. The maximum atomic E-state index is 12.7. The summed E-state index contributed by atoms with van der Waals surface area (Å²) in [6.07, 6.45) is 8.94. The molecule has 2 aliphatic rings. The molecule has 1 aliphatic carbocycles. The van der Waals surface area contributed by atoms with Gasteiger partial charge in [-0.2, -0.15) is 10.1 Å². The third-order valence-electron chi connectivity index (χ3n) is 4.45. The van der Waals surface area contributed by atoms with Gasteiger partial charge >= 0.3 is 0 Å². The highest BCUT2D eigenvalue weighted by atomic mass is 16.2. The van der Waals surface area contributed by atoms with E-state index in [2.05, 4.69) is 17.3 Å². The minimum Gasteiger partial charge on any atom is -0.267 e. The molecule has 4 heteroatoms. The number of imide groups is 1. The van der Waals surface area contributed by atoms with Crippen LogP contribution in [0.4, 0.5) is 0 Å². The summed E-state index contributed by atoms with van der Waals surface area (Å²) in [5.74, 6) is -0.405. The number of rotatable bonds is 2. The number of benzene rings is 2. The van der Waals surface area contributed by atoms with Crippen molar-refractivity contribution in [3.63, 3.8) is 0 Å². The monoisotopic (exact) mass is 304 g/mol. The Bertz CT molecular complexity index is 816. The van der Waals surface area contributed by atoms with E-state index in [0.717, 1.165) is 35.0 Å². The summed E-state index contributed by atoms with van der Waals surface area (Å²) < 4.78 is 0. The highest BCUT2D eigenvalue weighted by molar-refractivity contribution is 6.25. The molecule has 0 spiro atoms. The fourth-order valence-electron chi connectivity index (χ4n) is 3.24. The van der Waals surface area contributed by atoms with E-state index in [1.165, 1.54) is 0 Å². The van der Waals surface area contributed by atoms with Gasteiger partial charge in [0.2, 0.25) is 0 Å². The Kier molecular flexibility index (Phi) is 3.30. The first-order chi connectivity index (χ1) is 11.3. The fourth-order valence-corrected chi connectivity index (χ4v) is 3.24. The lowest BCUT2D eigenvalue weighted by atomic mass is 9.95. The number of allylic oxidation sites excluding steroid dienone is 2. The molecule has 4 rings (SSSR count). The van der Waals surface area contributed by atoms with Gasteiger partial charge in [-0.05, 0) is 42.7 Å². The molecule has 0 saturated heterocycles. The van der Waals surface area contributed by atoms with Crippen LogP contribution in [0.15, 0.2) is 53.7 Å². The van der Waals surface area contributed by atoms with Crippen LogP contribution in [0.1, 0.15) is 40.0 Å². The Labute approximate surface area is 134 Å². The lowest BCUT2D eigenvalue weighted by molar-refractivity contribution is 0.0615. The van der Waals surface area contributed by atoms with E-state index in [4.69, 9.17) is 0 Å². The van der Waals surface area contributed by atoms with E-state index in [9.17, 15) is 9.59 Å². The molecule has 4 nitrogen and oxygen atoms in total. The van der Waals surface area contributed by atoms with Gasteiger partial charge in [-0.25, -0.2) is 0 Å². The van der Waals surface area contributed by atoms with Crippen molar-refractivity contribution in [1.29, 1.82) is 0 Å². The van der Waals surface area contributed by atoms with Gasteiger partial charge in [0.25, 0.3) is 11.8 Å². The molecule has 1 aliphatic heterocycles. The summed E-state index contributed by atoms with van der Waals surface area (Å²) >= 11 is 0. The molecule has 23 heavy (non-hydrogen) atoms. The predicted octanol–water partition coefficient (Wildman–Crippen LogP) is 3.78. The highest BCUT2D eigenvalue weighted by Gasteiger charge is 2.32. The van der Waals surface area contributed by atoms with Gasteiger partial charge in [0.15, 0.2) is 0 Å². The van der Waals surface area contributed by atoms with Crippen LogP contribution in [-0.4, -0.2) is 23.0 Å². The Morgan fingerprint density at radius 3 is 2.30 bits per heavy atom. The quantitative estimate of drug-likeness (QED) is 0.481. The van der Waals surface area contributed by atoms with Gasteiger partial charge < -0.3 is 0 Å². The molecule has 114 valence electrons. The summed E-state index contributed by atoms with van der Waals surface area (Å²) in [5.41, 5.74) is 1.08. The molecular weight excluding hydrogens is 288 g/mol. The number of carbonyl (C=O) groups is 2. The number of hydrogen-bond acceptors (Lipinski definition) is 3. The maximum Gasteiger partial charge on any atom is 0.282 e. The zero-order valence-corrected chi connectivity index (χ0v) is 12.6. The number of hydrogen-bond donors (Lipinski definition) is 0. The third-order valence-corrected chi connectivity index (χ3v) is 4.45. The van der Waals surface area contributed by atoms with Crippen molar-refractivity contribution in [3.8, 4) is 0 Å². The summed E-state index contributed by atoms with van der Waals surface area (Å²) in [6, 6.07) is 11.0. The van der Waals surface area contributed by atoms with E-state index in [-0.39, 0.29) is 17.7 Å². The molecule has 1 unspecified atom stereocenters. The van der Waals surface area contributed by atoms with Crippen LogP contribution in [0.5, 0.6) is 0 Å². The lowest BCUT2D eigenvalue weighted by Gasteiger charge is -2.23. The molecule has 1 atom stereocenters. The molecule has 2 aromatic carbocycles. The Balaban J connectivity index is 1.74. The summed E-state index contributed by atoms with van der Waals surface area (Å²) in [6.45, 7) is 0. The minimum absolute atomic E-state index is 0.286. The summed E-state index contributed by atoms with van der Waals surface area (Å²) in [4.78, 5) is 25.3. The van der Waals surface area contributed by atoms with Gasteiger partial charge in [-0.3, -0.25) is 9.59 Å². The fraction of sp³-hybridized carbons (Fsp3) is 0.211. The topological polar surface area (TPSA) is 49.7 Å². The molecule has 0 radical (unpaired) electrons. The molecule has 0 fully saturated rings. The van der Waals surface area contributed by atoms with Crippen LogP contribution in [0.3, 0.4) is 0 Å². The van der Waals surface area contributed by atoms with E-state index >= 15 is 0 Å². The van der Waals surface area contributed by atoms with Crippen molar-refractivity contribution in [2.75, 3.05) is 0 Å². The van der Waals surface area contributed by atoms with Crippen LogP contribution in [-0.2, 0) is 0 Å². The Morgan fingerprint density at radius 1 is 1.00 bits per heavy atom. The van der Waals surface area contributed by atoms with Gasteiger partial charge in [-0.1, -0.05) is 36.4 Å². The largest absolute Gasteiger partial charge is 0.282 e. The first-order valence-electron chi connectivity index (χ1n) is 7.85. The first-order valence-corrected chi connectivity index (χ1v) is 7.85. The lowest BCUT2D eigenvalue weighted by Crippen LogP contribution is -2.36. The summed E-state index contributed by atoms with van der Waals surface area (Å²) in [5, 5.41) is 6.88. The van der Waals surface area contributed by atoms with E-state index in [1.54, 1.807) is 18.3 Å². The van der Waals surface area contributed by atoms with Gasteiger partial charge in [0.05, 0.1) is 11.1 Å². The van der Waals surface area contributed by atoms with Gasteiger partial charge in [-0.15, -0.1) is 0 Å². The molecule has 0 saturated carbocycles. The van der Waals surface area contributed by atoms with Crippen molar-refractivity contribution in [3.05, 3.63) is 59.7 Å². The normalized spacial score (nSPS) is 20.7. The van der Waals surface area contributed by atoms with Crippen LogP contribution >= 0.6 is 0 Å². The average molecular weight is 304 g/mol. The minimum atomic E-state index is -0.345. The first kappa shape index (κ1) is 13.9. The molecule has 2 amide bonds. The zero-order chi connectivity index (χ0) is 15.8. The zero-order valence-electron chi connectivity index (χ0n) is 12.6. The molecule has 0 bridgehead atoms. The smallest absolute Gasteiger partial charge is 0.267 e. The number of carbonyl (C=O) groups excluding carboxylic acids is 2. The second-order valence-electron chi connectivity index (χ2n) is 5.94. The van der Waals surface area contributed by atoms with Crippen LogP contribution in [0.2, 0.25) is 0 Å². The van der Waals surface area contributed by atoms with Crippen LogP contribution in [0.25, 0.3) is 10.8 Å². The van der Waals surface area contributed by atoms with E-state index in [0.29, 0.717) is 11.1 Å². The second kappa shape index (κ2) is 5.47. The van der Waals surface area contributed by atoms with Crippen molar-refractivity contribution >= 4 is 28.8 Å². The maximum absolute atomic E-state index is 12.7. The second-order valence-corrected chi connectivity index (χ2v) is 5.94. The number of nitrogens with zero attached hydrogens (tertiary/aromatic N) is 2. The van der Waals surface area contributed by atoms with Crippen molar-refractivity contribution in [2.24, 2.45) is 11.0 Å². The number of amides is 2. The van der Waals surface area contributed by atoms with E-state index in [1.807, 2.05) is 24.3 Å².